The summed E-state index contributed by atoms with van der Waals surface area (Å²) in [6.45, 7) is 2.80. The van der Waals surface area contributed by atoms with Crippen molar-refractivity contribution in [2.24, 2.45) is 0 Å². The molecule has 1 N–H and O–H groups in total. The number of aromatic nitrogens is 1. The van der Waals surface area contributed by atoms with Crippen molar-refractivity contribution in [1.82, 2.24) is 10.3 Å². The average molecular weight is 202 g/mol. The van der Waals surface area contributed by atoms with Gasteiger partial charge in [-0.15, -0.1) is 0 Å². The molecule has 1 aliphatic carbocycles. The SMILES string of the molecule is Cc1cccc2nc(CNC3CC3)oc12. The fourth-order valence-corrected chi connectivity index (χ4v) is 1.73. The molecule has 1 heterocycles. The van der Waals surface area contributed by atoms with Gasteiger partial charge in [0.15, 0.2) is 5.58 Å². The Morgan fingerprint density at radius 1 is 1.47 bits per heavy atom. The van der Waals surface area contributed by atoms with E-state index in [0.29, 0.717) is 6.04 Å². The van der Waals surface area contributed by atoms with Crippen molar-refractivity contribution in [3.05, 3.63) is 29.7 Å². The lowest BCUT2D eigenvalue weighted by Gasteiger charge is -1.95. The van der Waals surface area contributed by atoms with Crippen molar-refractivity contribution in [3.63, 3.8) is 0 Å². The molecule has 3 rings (SSSR count). The van der Waals surface area contributed by atoms with Gasteiger partial charge in [-0.2, -0.15) is 0 Å². The molecule has 3 heteroatoms. The maximum Gasteiger partial charge on any atom is 0.209 e. The zero-order chi connectivity index (χ0) is 10.3. The molecule has 0 saturated heterocycles. The fourth-order valence-electron chi connectivity index (χ4n) is 1.73. The maximum atomic E-state index is 5.70. The van der Waals surface area contributed by atoms with Gasteiger partial charge in [-0.05, 0) is 31.4 Å². The van der Waals surface area contributed by atoms with Crippen molar-refractivity contribution >= 4 is 11.1 Å². The van der Waals surface area contributed by atoms with Gasteiger partial charge >= 0.3 is 0 Å². The summed E-state index contributed by atoms with van der Waals surface area (Å²) in [5.74, 6) is 0.797. The lowest BCUT2D eigenvalue weighted by atomic mass is 10.2. The van der Waals surface area contributed by atoms with E-state index in [1.54, 1.807) is 0 Å². The summed E-state index contributed by atoms with van der Waals surface area (Å²) in [5.41, 5.74) is 3.03. The van der Waals surface area contributed by atoms with Crippen LogP contribution in [0.15, 0.2) is 22.6 Å². The zero-order valence-electron chi connectivity index (χ0n) is 8.79. The average Bonchev–Trinajstić information content (AvgIpc) is 2.95. The maximum absolute atomic E-state index is 5.70. The van der Waals surface area contributed by atoms with Crippen LogP contribution in [0.4, 0.5) is 0 Å². The first-order valence-electron chi connectivity index (χ1n) is 5.41. The molecule has 0 bridgehead atoms. The molecule has 0 radical (unpaired) electrons. The number of hydrogen-bond donors (Lipinski definition) is 1. The number of benzene rings is 1. The number of oxazole rings is 1. The summed E-state index contributed by atoms with van der Waals surface area (Å²) >= 11 is 0. The molecule has 0 aliphatic heterocycles. The van der Waals surface area contributed by atoms with Crippen molar-refractivity contribution in [1.29, 1.82) is 0 Å². The van der Waals surface area contributed by atoms with Gasteiger partial charge in [0.1, 0.15) is 5.52 Å². The molecule has 2 aromatic rings. The van der Waals surface area contributed by atoms with Gasteiger partial charge in [0.25, 0.3) is 0 Å². The lowest BCUT2D eigenvalue weighted by molar-refractivity contribution is 0.493. The minimum Gasteiger partial charge on any atom is -0.439 e. The van der Waals surface area contributed by atoms with Crippen LogP contribution >= 0.6 is 0 Å². The standard InChI is InChI=1S/C12H14N2O/c1-8-3-2-4-10-12(8)15-11(14-10)7-13-9-5-6-9/h2-4,9,13H,5-7H2,1H3. The molecule has 1 saturated carbocycles. The fraction of sp³-hybridized carbons (Fsp3) is 0.417. The van der Waals surface area contributed by atoms with Crippen LogP contribution in [0, 0.1) is 6.92 Å². The minimum atomic E-state index is 0.695. The van der Waals surface area contributed by atoms with Crippen LogP contribution in [-0.2, 0) is 6.54 Å². The highest BCUT2D eigenvalue weighted by molar-refractivity contribution is 5.75. The topological polar surface area (TPSA) is 38.1 Å². The highest BCUT2D eigenvalue weighted by Crippen LogP contribution is 2.21. The Bertz CT molecular complexity index is 485. The summed E-state index contributed by atoms with van der Waals surface area (Å²) in [4.78, 5) is 4.44. The highest BCUT2D eigenvalue weighted by Gasteiger charge is 2.21. The van der Waals surface area contributed by atoms with E-state index < -0.39 is 0 Å². The Balaban J connectivity index is 1.88. The molecule has 3 nitrogen and oxygen atoms in total. The Labute approximate surface area is 88.5 Å². The third-order valence-electron chi connectivity index (χ3n) is 2.78. The largest absolute Gasteiger partial charge is 0.439 e. The van der Waals surface area contributed by atoms with Gasteiger partial charge < -0.3 is 9.73 Å². The van der Waals surface area contributed by atoms with Crippen LogP contribution in [0.5, 0.6) is 0 Å². The molecule has 0 unspecified atom stereocenters. The van der Waals surface area contributed by atoms with Crippen LogP contribution in [0.1, 0.15) is 24.3 Å². The van der Waals surface area contributed by atoms with Crippen LogP contribution in [0.25, 0.3) is 11.1 Å². The first-order chi connectivity index (χ1) is 7.33. The van der Waals surface area contributed by atoms with Crippen LogP contribution in [-0.4, -0.2) is 11.0 Å². The minimum absolute atomic E-state index is 0.695. The Morgan fingerprint density at radius 3 is 3.07 bits per heavy atom. The van der Waals surface area contributed by atoms with E-state index in [1.165, 1.54) is 12.8 Å². The number of nitrogens with zero attached hydrogens (tertiary/aromatic N) is 1. The number of para-hydroxylation sites is 1. The van der Waals surface area contributed by atoms with Gasteiger partial charge in [0, 0.05) is 6.04 Å². The number of aryl methyl sites for hydroxylation is 1. The van der Waals surface area contributed by atoms with Crippen molar-refractivity contribution < 1.29 is 4.42 Å². The normalized spacial score (nSPS) is 16.1. The van der Waals surface area contributed by atoms with E-state index in [0.717, 1.165) is 29.1 Å². The third-order valence-corrected chi connectivity index (χ3v) is 2.78. The molecular formula is C12H14N2O. The molecule has 1 aromatic carbocycles. The zero-order valence-corrected chi connectivity index (χ0v) is 8.79. The summed E-state index contributed by atoms with van der Waals surface area (Å²) in [6, 6.07) is 6.75. The number of nitrogens with one attached hydrogen (secondary N) is 1. The Kier molecular flexibility index (Phi) is 1.99. The number of rotatable bonds is 3. The first-order valence-corrected chi connectivity index (χ1v) is 5.41. The van der Waals surface area contributed by atoms with Gasteiger partial charge in [-0.25, -0.2) is 4.98 Å². The van der Waals surface area contributed by atoms with Gasteiger partial charge in [0.2, 0.25) is 5.89 Å². The predicted molar refractivity (Wildman–Crippen MR) is 58.6 cm³/mol. The van der Waals surface area contributed by atoms with Gasteiger partial charge in [-0.1, -0.05) is 12.1 Å². The Morgan fingerprint density at radius 2 is 2.33 bits per heavy atom. The van der Waals surface area contributed by atoms with Crippen LogP contribution in [0.3, 0.4) is 0 Å². The second-order valence-electron chi connectivity index (χ2n) is 4.19. The van der Waals surface area contributed by atoms with Crippen LogP contribution < -0.4 is 5.32 Å². The predicted octanol–water partition coefficient (Wildman–Crippen LogP) is 2.39. The van der Waals surface area contributed by atoms with E-state index in [2.05, 4.69) is 10.3 Å². The Hall–Kier alpha value is -1.35. The third kappa shape index (κ3) is 1.75. The monoisotopic (exact) mass is 202 g/mol. The quantitative estimate of drug-likeness (QED) is 0.830. The van der Waals surface area contributed by atoms with Gasteiger partial charge in [0.05, 0.1) is 6.54 Å². The van der Waals surface area contributed by atoms with E-state index in [-0.39, 0.29) is 0 Å². The molecule has 1 aliphatic rings. The van der Waals surface area contributed by atoms with E-state index in [9.17, 15) is 0 Å². The second-order valence-corrected chi connectivity index (χ2v) is 4.19. The summed E-state index contributed by atoms with van der Waals surface area (Å²) < 4.78 is 5.70. The number of hydrogen-bond acceptors (Lipinski definition) is 3. The molecule has 15 heavy (non-hydrogen) atoms. The van der Waals surface area contributed by atoms with Crippen molar-refractivity contribution in [2.45, 2.75) is 32.4 Å². The lowest BCUT2D eigenvalue weighted by Crippen LogP contribution is -2.15. The summed E-state index contributed by atoms with van der Waals surface area (Å²) in [6.07, 6.45) is 2.58. The van der Waals surface area contributed by atoms with Crippen LogP contribution in [0.2, 0.25) is 0 Å². The van der Waals surface area contributed by atoms with E-state index in [4.69, 9.17) is 4.42 Å². The van der Waals surface area contributed by atoms with Crippen molar-refractivity contribution in [2.75, 3.05) is 0 Å². The molecular weight excluding hydrogens is 188 g/mol. The van der Waals surface area contributed by atoms with E-state index >= 15 is 0 Å². The molecule has 78 valence electrons. The molecule has 0 amide bonds. The summed E-state index contributed by atoms with van der Waals surface area (Å²) in [7, 11) is 0. The van der Waals surface area contributed by atoms with Crippen molar-refractivity contribution in [3.8, 4) is 0 Å². The first kappa shape index (κ1) is 8.92. The smallest absolute Gasteiger partial charge is 0.209 e. The molecule has 0 atom stereocenters. The molecule has 1 fully saturated rings. The van der Waals surface area contributed by atoms with Gasteiger partial charge in [-0.3, -0.25) is 0 Å². The summed E-state index contributed by atoms with van der Waals surface area (Å²) in [5, 5.41) is 3.40. The molecule has 0 spiro atoms. The second kappa shape index (κ2) is 3.35. The number of fused-ring (bicyclic) bond motifs is 1. The highest BCUT2D eigenvalue weighted by atomic mass is 16.3. The molecule has 1 aromatic heterocycles. The van der Waals surface area contributed by atoms with E-state index in [1.807, 2.05) is 25.1 Å².